The summed E-state index contributed by atoms with van der Waals surface area (Å²) in [6.45, 7) is 4.38. The first kappa shape index (κ1) is 24.9. The number of fused-ring (bicyclic) bond motifs is 1. The molecule has 3 aromatic carbocycles. The fourth-order valence-corrected chi connectivity index (χ4v) is 4.13. The van der Waals surface area contributed by atoms with E-state index >= 15 is 0 Å². The smallest absolute Gasteiger partial charge is 0.261 e. The fourth-order valence-electron chi connectivity index (χ4n) is 3.66. The summed E-state index contributed by atoms with van der Waals surface area (Å²) in [5, 5.41) is 5.80. The van der Waals surface area contributed by atoms with Crippen LogP contribution in [0, 0.1) is 0 Å². The third kappa shape index (κ3) is 6.40. The first-order chi connectivity index (χ1) is 15.9. The summed E-state index contributed by atoms with van der Waals surface area (Å²) in [7, 11) is 0. The van der Waals surface area contributed by atoms with Crippen molar-refractivity contribution < 1.29 is 14.3 Å². The highest BCUT2D eigenvalue weighted by molar-refractivity contribution is 6.35. The van der Waals surface area contributed by atoms with Crippen LogP contribution in [0.15, 0.2) is 60.7 Å². The van der Waals surface area contributed by atoms with E-state index in [0.717, 1.165) is 17.2 Å². The molecule has 0 saturated carbocycles. The van der Waals surface area contributed by atoms with Gasteiger partial charge in [-0.2, -0.15) is 0 Å². The van der Waals surface area contributed by atoms with Gasteiger partial charge in [-0.15, -0.1) is 0 Å². The lowest BCUT2D eigenvalue weighted by Gasteiger charge is -2.31. The molecule has 0 aliphatic rings. The molecular formula is C26H28Cl2N2O3. The van der Waals surface area contributed by atoms with Crippen molar-refractivity contribution in [1.29, 1.82) is 0 Å². The minimum Gasteiger partial charge on any atom is -0.483 e. The average molecular weight is 487 g/mol. The number of ether oxygens (including phenoxy) is 1. The molecule has 33 heavy (non-hydrogen) atoms. The molecule has 0 bridgehead atoms. The van der Waals surface area contributed by atoms with Crippen molar-refractivity contribution in [2.24, 2.45) is 0 Å². The van der Waals surface area contributed by atoms with Crippen molar-refractivity contribution in [2.75, 3.05) is 13.2 Å². The summed E-state index contributed by atoms with van der Waals surface area (Å²) < 4.78 is 5.93. The van der Waals surface area contributed by atoms with E-state index in [9.17, 15) is 9.59 Å². The molecular weight excluding hydrogens is 459 g/mol. The van der Waals surface area contributed by atoms with Gasteiger partial charge in [-0.1, -0.05) is 79.5 Å². The molecule has 0 fully saturated rings. The topological polar surface area (TPSA) is 58.6 Å². The first-order valence-electron chi connectivity index (χ1n) is 11.1. The van der Waals surface area contributed by atoms with Gasteiger partial charge in [-0.05, 0) is 42.0 Å². The molecule has 0 saturated heterocycles. The Bertz CT molecular complexity index is 1110. The van der Waals surface area contributed by atoms with Gasteiger partial charge in [0.2, 0.25) is 5.91 Å². The number of amides is 2. The predicted octanol–water partition coefficient (Wildman–Crippen LogP) is 5.86. The predicted molar refractivity (Wildman–Crippen MR) is 134 cm³/mol. The van der Waals surface area contributed by atoms with Crippen molar-refractivity contribution in [1.82, 2.24) is 10.2 Å². The van der Waals surface area contributed by atoms with Gasteiger partial charge in [0.25, 0.3) is 5.91 Å². The molecule has 3 aromatic rings. The number of hydrogen-bond donors (Lipinski definition) is 1. The lowest BCUT2D eigenvalue weighted by Crippen LogP contribution is -2.50. The van der Waals surface area contributed by atoms with E-state index in [1.807, 2.05) is 56.3 Å². The molecule has 1 atom stereocenters. The van der Waals surface area contributed by atoms with Crippen molar-refractivity contribution in [3.63, 3.8) is 0 Å². The van der Waals surface area contributed by atoms with Crippen LogP contribution in [0.5, 0.6) is 5.75 Å². The fraction of sp³-hybridized carbons (Fsp3) is 0.308. The Hall–Kier alpha value is -2.76. The number of carbonyl (C=O) groups is 2. The summed E-state index contributed by atoms with van der Waals surface area (Å²) in [5.41, 5.74) is 0.710. The average Bonchev–Trinajstić information content (AvgIpc) is 2.82. The molecule has 174 valence electrons. The number of benzene rings is 3. The second kappa shape index (κ2) is 11.9. The van der Waals surface area contributed by atoms with Crippen LogP contribution in [0.3, 0.4) is 0 Å². The second-order valence-corrected chi connectivity index (χ2v) is 8.58. The highest BCUT2D eigenvalue weighted by Crippen LogP contribution is 2.26. The van der Waals surface area contributed by atoms with Crippen LogP contribution in [0.25, 0.3) is 10.8 Å². The summed E-state index contributed by atoms with van der Waals surface area (Å²) in [6.07, 6.45) is 1.27. The van der Waals surface area contributed by atoms with Crippen LogP contribution in [-0.4, -0.2) is 35.9 Å². The number of rotatable bonds is 10. The maximum atomic E-state index is 13.4. The molecule has 0 radical (unpaired) electrons. The largest absolute Gasteiger partial charge is 0.483 e. The SMILES string of the molecule is CCCNC(=O)[C@@H](CC)N(Cc1ccc(Cl)cc1Cl)C(=O)COc1cccc2ccccc12. The number of carbonyl (C=O) groups excluding carboxylic acids is 2. The Balaban J connectivity index is 1.84. The quantitative estimate of drug-likeness (QED) is 0.390. The first-order valence-corrected chi connectivity index (χ1v) is 11.8. The van der Waals surface area contributed by atoms with E-state index in [1.165, 1.54) is 4.90 Å². The molecule has 0 aromatic heterocycles. The van der Waals surface area contributed by atoms with Crippen LogP contribution in [0.4, 0.5) is 0 Å². The van der Waals surface area contributed by atoms with Crippen LogP contribution >= 0.6 is 23.2 Å². The van der Waals surface area contributed by atoms with Crippen molar-refractivity contribution in [3.05, 3.63) is 76.3 Å². The van der Waals surface area contributed by atoms with Crippen LogP contribution in [-0.2, 0) is 16.1 Å². The van der Waals surface area contributed by atoms with E-state index < -0.39 is 6.04 Å². The van der Waals surface area contributed by atoms with E-state index in [1.54, 1.807) is 18.2 Å². The standard InChI is InChI=1S/C26H28Cl2N2O3/c1-3-14-29-26(32)23(4-2)30(16-19-12-13-20(27)15-22(19)28)25(31)17-33-24-11-7-9-18-8-5-6-10-21(18)24/h5-13,15,23H,3-4,14,16-17H2,1-2H3,(H,29,32)/t23-/m1/s1. The van der Waals surface area contributed by atoms with Crippen LogP contribution in [0.1, 0.15) is 32.3 Å². The molecule has 0 heterocycles. The molecule has 0 aliphatic heterocycles. The minimum atomic E-state index is -0.646. The van der Waals surface area contributed by atoms with Crippen molar-refractivity contribution in [2.45, 2.75) is 39.3 Å². The zero-order valence-corrected chi connectivity index (χ0v) is 20.3. The van der Waals surface area contributed by atoms with Crippen molar-refractivity contribution >= 4 is 45.8 Å². The van der Waals surface area contributed by atoms with E-state index in [2.05, 4.69) is 5.32 Å². The number of halogens is 2. The van der Waals surface area contributed by atoms with E-state index in [0.29, 0.717) is 34.3 Å². The molecule has 3 rings (SSSR count). The van der Waals surface area contributed by atoms with E-state index in [4.69, 9.17) is 27.9 Å². The Morgan fingerprint density at radius 2 is 1.79 bits per heavy atom. The van der Waals surface area contributed by atoms with Gasteiger partial charge in [0.05, 0.1) is 0 Å². The van der Waals surface area contributed by atoms with Gasteiger partial charge in [0, 0.05) is 28.5 Å². The number of hydrogen-bond acceptors (Lipinski definition) is 3. The molecule has 2 amide bonds. The normalized spacial score (nSPS) is 11.8. The Labute approximate surface area is 204 Å². The highest BCUT2D eigenvalue weighted by atomic mass is 35.5. The lowest BCUT2D eigenvalue weighted by molar-refractivity contribution is -0.142. The minimum absolute atomic E-state index is 0.172. The summed E-state index contributed by atoms with van der Waals surface area (Å²) in [6, 6.07) is 18.0. The number of nitrogens with zero attached hydrogens (tertiary/aromatic N) is 1. The van der Waals surface area contributed by atoms with Crippen molar-refractivity contribution in [3.8, 4) is 5.75 Å². The molecule has 5 nitrogen and oxygen atoms in total. The van der Waals surface area contributed by atoms with E-state index in [-0.39, 0.29) is 25.0 Å². The van der Waals surface area contributed by atoms with Gasteiger partial charge in [-0.25, -0.2) is 0 Å². The van der Waals surface area contributed by atoms with Gasteiger partial charge < -0.3 is 15.0 Å². The third-order valence-electron chi connectivity index (χ3n) is 5.39. The molecule has 0 aliphatic carbocycles. The maximum Gasteiger partial charge on any atom is 0.261 e. The summed E-state index contributed by atoms with van der Waals surface area (Å²) >= 11 is 12.4. The van der Waals surface area contributed by atoms with Crippen LogP contribution < -0.4 is 10.1 Å². The zero-order chi connectivity index (χ0) is 23.8. The lowest BCUT2D eigenvalue weighted by atomic mass is 10.1. The molecule has 7 heteroatoms. The zero-order valence-electron chi connectivity index (χ0n) is 18.8. The third-order valence-corrected chi connectivity index (χ3v) is 5.98. The highest BCUT2D eigenvalue weighted by Gasteiger charge is 2.29. The summed E-state index contributed by atoms with van der Waals surface area (Å²) in [5.74, 6) is 0.129. The van der Waals surface area contributed by atoms with Gasteiger partial charge in [0.15, 0.2) is 6.61 Å². The monoisotopic (exact) mass is 486 g/mol. The molecule has 0 unspecified atom stereocenters. The Morgan fingerprint density at radius 3 is 2.52 bits per heavy atom. The molecule has 1 N–H and O–H groups in total. The second-order valence-electron chi connectivity index (χ2n) is 7.74. The summed E-state index contributed by atoms with van der Waals surface area (Å²) in [4.78, 5) is 27.8. The Kier molecular flexibility index (Phi) is 8.98. The van der Waals surface area contributed by atoms with Gasteiger partial charge in [0.1, 0.15) is 11.8 Å². The van der Waals surface area contributed by atoms with Gasteiger partial charge >= 0.3 is 0 Å². The van der Waals surface area contributed by atoms with Crippen LogP contribution in [0.2, 0.25) is 10.0 Å². The number of nitrogens with one attached hydrogen (secondary N) is 1. The maximum absolute atomic E-state index is 13.4. The molecule has 0 spiro atoms. The Morgan fingerprint density at radius 1 is 1.03 bits per heavy atom. The van der Waals surface area contributed by atoms with Gasteiger partial charge in [-0.3, -0.25) is 9.59 Å².